The molecule has 0 unspecified atom stereocenters. The molecule has 0 N–H and O–H groups in total. The van der Waals surface area contributed by atoms with Crippen molar-refractivity contribution >= 4 is 6.41 Å². The summed E-state index contributed by atoms with van der Waals surface area (Å²) < 4.78 is 0. The van der Waals surface area contributed by atoms with Gasteiger partial charge in [-0.3, -0.25) is 4.79 Å². The van der Waals surface area contributed by atoms with Crippen LogP contribution in [0, 0.1) is 0 Å². The molecule has 0 saturated heterocycles. The number of hydrogen-bond donors (Lipinski definition) is 0. The third kappa shape index (κ3) is 2.61. The minimum Gasteiger partial charge on any atom is -0.277 e. The lowest BCUT2D eigenvalue weighted by Gasteiger charge is -2.17. The van der Waals surface area contributed by atoms with Gasteiger partial charge in [0.25, 0.3) is 0 Å². The van der Waals surface area contributed by atoms with Crippen molar-refractivity contribution in [1.82, 2.24) is 5.32 Å². The molecule has 0 aromatic heterocycles. The van der Waals surface area contributed by atoms with Crippen molar-refractivity contribution in [3.63, 3.8) is 0 Å². The van der Waals surface area contributed by atoms with E-state index in [2.05, 4.69) is 5.32 Å². The summed E-state index contributed by atoms with van der Waals surface area (Å²) in [6, 6.07) is 0. The van der Waals surface area contributed by atoms with Gasteiger partial charge in [0.1, 0.15) is 0 Å². The molecule has 0 aliphatic carbocycles. The van der Waals surface area contributed by atoms with Gasteiger partial charge in [0, 0.05) is 0 Å². The summed E-state index contributed by atoms with van der Waals surface area (Å²) in [5.41, 5.74) is -0.151. The van der Waals surface area contributed by atoms with Crippen LogP contribution >= 0.6 is 0 Å². The van der Waals surface area contributed by atoms with Gasteiger partial charge in [0.15, 0.2) is 0 Å². The van der Waals surface area contributed by atoms with Gasteiger partial charge < -0.3 is 0 Å². The van der Waals surface area contributed by atoms with E-state index in [1.54, 1.807) is 0 Å². The Hall–Kier alpha value is -0.530. The van der Waals surface area contributed by atoms with Crippen LogP contribution in [0.15, 0.2) is 0 Å². The highest BCUT2D eigenvalue weighted by atomic mass is 16.1. The first kappa shape index (κ1) is 7.47. The fourth-order valence-electron chi connectivity index (χ4n) is 0.234. The zero-order chi connectivity index (χ0) is 6.62. The van der Waals surface area contributed by atoms with Crippen LogP contribution in [0.5, 0.6) is 0 Å². The molecule has 1 amide bonds. The molecule has 0 fully saturated rings. The summed E-state index contributed by atoms with van der Waals surface area (Å²) in [7, 11) is 0. The van der Waals surface area contributed by atoms with Crippen LogP contribution < -0.4 is 5.32 Å². The number of carbonyl (C=O) groups excluding carboxylic acids is 1. The van der Waals surface area contributed by atoms with E-state index in [4.69, 9.17) is 0 Å². The Morgan fingerprint density at radius 1 is 1.62 bits per heavy atom. The minimum atomic E-state index is -0.151. The number of nitrogens with zero attached hydrogens (tertiary/aromatic N) is 1. The largest absolute Gasteiger partial charge is 0.277 e. The molecule has 0 aromatic carbocycles. The highest BCUT2D eigenvalue weighted by Gasteiger charge is 2.13. The zero-order valence-electron chi connectivity index (χ0n) is 5.64. The second kappa shape index (κ2) is 2.70. The van der Waals surface area contributed by atoms with E-state index < -0.39 is 0 Å². The predicted octanol–water partition coefficient (Wildman–Crippen LogP) is 0.936. The Balaban J connectivity index is 3.53. The molecule has 0 spiro atoms. The van der Waals surface area contributed by atoms with Crippen LogP contribution in [0.3, 0.4) is 0 Å². The molecule has 0 rings (SSSR count). The molecule has 0 aliphatic rings. The summed E-state index contributed by atoms with van der Waals surface area (Å²) in [4.78, 5) is 9.81. The van der Waals surface area contributed by atoms with Crippen molar-refractivity contribution in [2.45, 2.75) is 32.7 Å². The third-order valence-electron chi connectivity index (χ3n) is 1.27. The van der Waals surface area contributed by atoms with E-state index in [9.17, 15) is 4.79 Å². The molecule has 2 heteroatoms. The van der Waals surface area contributed by atoms with Crippen LogP contribution in [0.25, 0.3) is 0 Å². The topological polar surface area (TPSA) is 31.2 Å². The summed E-state index contributed by atoms with van der Waals surface area (Å²) in [6.07, 6.45) is 1.52. The second-order valence-electron chi connectivity index (χ2n) is 2.40. The normalized spacial score (nSPS) is 10.9. The Kier molecular flexibility index (Phi) is 2.52. The van der Waals surface area contributed by atoms with Gasteiger partial charge in [-0.2, -0.15) is 0 Å². The van der Waals surface area contributed by atoms with Crippen LogP contribution in [0.4, 0.5) is 0 Å². The lowest BCUT2D eigenvalue weighted by Crippen LogP contribution is -2.30. The molecular weight excluding hydrogens is 102 g/mol. The van der Waals surface area contributed by atoms with Gasteiger partial charge in [0.05, 0.1) is 5.54 Å². The maximum Gasteiger partial charge on any atom is 0.228 e. The average Bonchev–Trinajstić information content (AvgIpc) is 1.67. The minimum absolute atomic E-state index is 0.151. The van der Waals surface area contributed by atoms with E-state index in [0.717, 1.165) is 6.42 Å². The summed E-state index contributed by atoms with van der Waals surface area (Å²) in [5, 5.41) is 3.69. The Labute approximate surface area is 50.3 Å². The van der Waals surface area contributed by atoms with Gasteiger partial charge in [-0.05, 0) is 20.3 Å². The quantitative estimate of drug-likeness (QED) is 0.502. The van der Waals surface area contributed by atoms with Gasteiger partial charge in [0.2, 0.25) is 6.41 Å². The predicted molar refractivity (Wildman–Crippen MR) is 32.6 cm³/mol. The van der Waals surface area contributed by atoms with Gasteiger partial charge in [-0.15, -0.1) is 0 Å². The molecule has 0 bridgehead atoms. The first-order valence-electron chi connectivity index (χ1n) is 2.78. The molecular formula is C6H12NO. The SMILES string of the molecule is CCC(C)(C)[N]C=O. The third-order valence-corrected chi connectivity index (χ3v) is 1.27. The standard InChI is InChI=1S/C6H12NO/c1-4-6(2,3)7-5-8/h5H,4H2,1-3H3. The molecule has 0 heterocycles. The molecule has 8 heavy (non-hydrogen) atoms. The fraction of sp³-hybridized carbons (Fsp3) is 0.833. The Morgan fingerprint density at radius 3 is 2.25 bits per heavy atom. The van der Waals surface area contributed by atoms with E-state index in [0.29, 0.717) is 6.41 Å². The van der Waals surface area contributed by atoms with E-state index >= 15 is 0 Å². The molecule has 0 atom stereocenters. The molecule has 2 nitrogen and oxygen atoms in total. The van der Waals surface area contributed by atoms with Gasteiger partial charge >= 0.3 is 0 Å². The lowest BCUT2D eigenvalue weighted by molar-refractivity contribution is -0.111. The lowest BCUT2D eigenvalue weighted by atomic mass is 10.0. The molecule has 47 valence electrons. The van der Waals surface area contributed by atoms with E-state index in [-0.39, 0.29) is 5.54 Å². The number of hydrogen-bond acceptors (Lipinski definition) is 1. The first-order chi connectivity index (χ1) is 3.62. The Bertz CT molecular complexity index is 78.6. The maximum atomic E-state index is 9.81. The highest BCUT2D eigenvalue weighted by Crippen LogP contribution is 2.06. The maximum absolute atomic E-state index is 9.81. The number of rotatable bonds is 3. The summed E-state index contributed by atoms with van der Waals surface area (Å²) in [5.74, 6) is 0. The monoisotopic (exact) mass is 114 g/mol. The molecule has 1 radical (unpaired) electrons. The van der Waals surface area contributed by atoms with Crippen molar-refractivity contribution in [1.29, 1.82) is 0 Å². The van der Waals surface area contributed by atoms with Crippen LogP contribution in [-0.2, 0) is 4.79 Å². The van der Waals surface area contributed by atoms with Gasteiger partial charge in [-0.25, -0.2) is 5.32 Å². The van der Waals surface area contributed by atoms with Crippen molar-refractivity contribution in [2.24, 2.45) is 0 Å². The van der Waals surface area contributed by atoms with Crippen molar-refractivity contribution in [2.75, 3.05) is 0 Å². The number of amides is 1. The van der Waals surface area contributed by atoms with E-state index in [1.807, 2.05) is 20.8 Å². The van der Waals surface area contributed by atoms with Crippen molar-refractivity contribution in [3.05, 3.63) is 0 Å². The van der Waals surface area contributed by atoms with Crippen LogP contribution in [-0.4, -0.2) is 11.9 Å². The highest BCUT2D eigenvalue weighted by molar-refractivity contribution is 5.47. The summed E-state index contributed by atoms with van der Waals surface area (Å²) in [6.45, 7) is 5.87. The second-order valence-corrected chi connectivity index (χ2v) is 2.40. The molecule has 0 saturated carbocycles. The zero-order valence-corrected chi connectivity index (χ0v) is 5.64. The first-order valence-corrected chi connectivity index (χ1v) is 2.78. The Morgan fingerprint density at radius 2 is 2.12 bits per heavy atom. The van der Waals surface area contributed by atoms with E-state index in [1.165, 1.54) is 0 Å². The van der Waals surface area contributed by atoms with Gasteiger partial charge in [-0.1, -0.05) is 6.92 Å². The van der Waals surface area contributed by atoms with Crippen LogP contribution in [0.2, 0.25) is 0 Å². The smallest absolute Gasteiger partial charge is 0.228 e. The summed E-state index contributed by atoms with van der Waals surface area (Å²) >= 11 is 0. The number of carbonyl (C=O) groups is 1. The molecule has 0 aliphatic heterocycles. The van der Waals surface area contributed by atoms with Crippen molar-refractivity contribution in [3.8, 4) is 0 Å². The molecule has 0 aromatic rings. The average molecular weight is 114 g/mol. The van der Waals surface area contributed by atoms with Crippen molar-refractivity contribution < 1.29 is 4.79 Å². The fourth-order valence-corrected chi connectivity index (χ4v) is 0.234. The van der Waals surface area contributed by atoms with Crippen LogP contribution in [0.1, 0.15) is 27.2 Å².